The summed E-state index contributed by atoms with van der Waals surface area (Å²) in [4.78, 5) is 0. The minimum absolute atomic E-state index is 0.304. The quantitative estimate of drug-likeness (QED) is 0.660. The molecule has 1 unspecified atom stereocenters. The largest absolute Gasteiger partial charge is 0.377 e. The van der Waals surface area contributed by atoms with Gasteiger partial charge in [-0.3, -0.25) is 0 Å². The summed E-state index contributed by atoms with van der Waals surface area (Å²) in [5, 5.41) is 0. The van der Waals surface area contributed by atoms with E-state index in [9.17, 15) is 8.42 Å². The maximum Gasteiger partial charge on any atom is 0.211 e. The summed E-state index contributed by atoms with van der Waals surface area (Å²) < 4.78 is 29.3. The molecular formula is C8H17NO3S. The Hall–Kier alpha value is -0.130. The molecule has 0 bridgehead atoms. The van der Waals surface area contributed by atoms with Crippen molar-refractivity contribution in [2.24, 2.45) is 0 Å². The van der Waals surface area contributed by atoms with Crippen LogP contribution >= 0.6 is 0 Å². The molecule has 1 fully saturated rings. The maximum absolute atomic E-state index is 11.3. The van der Waals surface area contributed by atoms with Crippen molar-refractivity contribution < 1.29 is 13.2 Å². The van der Waals surface area contributed by atoms with Gasteiger partial charge < -0.3 is 4.74 Å². The zero-order valence-corrected chi connectivity index (χ0v) is 9.23. The predicted octanol–water partition coefficient (Wildman–Crippen LogP) is 0.447. The van der Waals surface area contributed by atoms with Gasteiger partial charge in [0.15, 0.2) is 0 Å². The Balaban J connectivity index is 2.73. The van der Waals surface area contributed by atoms with E-state index in [1.54, 1.807) is 7.11 Å². The second-order valence-corrected chi connectivity index (χ2v) is 5.84. The summed E-state index contributed by atoms with van der Waals surface area (Å²) in [5.74, 6) is 0. The van der Waals surface area contributed by atoms with Crippen LogP contribution in [0.3, 0.4) is 0 Å². The molecule has 0 aromatic carbocycles. The molecule has 13 heavy (non-hydrogen) atoms. The minimum Gasteiger partial charge on any atom is -0.377 e. The van der Waals surface area contributed by atoms with E-state index in [0.29, 0.717) is 13.1 Å². The van der Waals surface area contributed by atoms with Crippen molar-refractivity contribution in [2.45, 2.75) is 25.4 Å². The van der Waals surface area contributed by atoms with Crippen LogP contribution in [0, 0.1) is 0 Å². The highest BCUT2D eigenvalue weighted by molar-refractivity contribution is 7.88. The zero-order chi connectivity index (χ0) is 10.1. The average Bonchev–Trinajstić information content (AvgIpc) is 2.03. The summed E-state index contributed by atoms with van der Waals surface area (Å²) in [5.41, 5.74) is -0.304. The van der Waals surface area contributed by atoms with Crippen LogP contribution in [0.15, 0.2) is 0 Å². The van der Waals surface area contributed by atoms with Crippen molar-refractivity contribution >= 4 is 10.0 Å². The fourth-order valence-electron chi connectivity index (χ4n) is 1.61. The molecule has 1 rings (SSSR count). The van der Waals surface area contributed by atoms with Gasteiger partial charge >= 0.3 is 0 Å². The van der Waals surface area contributed by atoms with Gasteiger partial charge in [0.2, 0.25) is 10.0 Å². The molecule has 0 aromatic rings. The molecule has 0 amide bonds. The number of hydrogen-bond donors (Lipinski definition) is 0. The van der Waals surface area contributed by atoms with E-state index in [-0.39, 0.29) is 5.60 Å². The van der Waals surface area contributed by atoms with Crippen molar-refractivity contribution in [1.82, 2.24) is 4.31 Å². The molecule has 0 N–H and O–H groups in total. The Morgan fingerprint density at radius 1 is 1.46 bits per heavy atom. The van der Waals surface area contributed by atoms with Gasteiger partial charge in [0.1, 0.15) is 0 Å². The first-order chi connectivity index (χ1) is 5.87. The fourth-order valence-corrected chi connectivity index (χ4v) is 2.58. The van der Waals surface area contributed by atoms with Crippen molar-refractivity contribution in [3.05, 3.63) is 0 Å². The molecule has 5 heteroatoms. The molecule has 1 aliphatic rings. The highest BCUT2D eigenvalue weighted by atomic mass is 32.2. The lowest BCUT2D eigenvalue weighted by atomic mass is 9.96. The van der Waals surface area contributed by atoms with Gasteiger partial charge in [0.05, 0.1) is 11.9 Å². The van der Waals surface area contributed by atoms with E-state index in [1.165, 1.54) is 10.6 Å². The molecule has 0 aliphatic carbocycles. The standard InChI is InChI=1S/C8H17NO3S/c1-8(12-2)5-4-6-9(7-8)13(3,10)11/h4-7H2,1-3H3. The van der Waals surface area contributed by atoms with Crippen LogP contribution in [0.4, 0.5) is 0 Å². The lowest BCUT2D eigenvalue weighted by molar-refractivity contribution is -0.0318. The van der Waals surface area contributed by atoms with Crippen LogP contribution < -0.4 is 0 Å². The Labute approximate surface area is 79.9 Å². The van der Waals surface area contributed by atoms with Crippen molar-refractivity contribution in [3.8, 4) is 0 Å². The second-order valence-electron chi connectivity index (χ2n) is 3.85. The summed E-state index contributed by atoms with van der Waals surface area (Å²) in [6.07, 6.45) is 3.04. The average molecular weight is 207 g/mol. The van der Waals surface area contributed by atoms with E-state index in [0.717, 1.165) is 12.8 Å². The maximum atomic E-state index is 11.3. The van der Waals surface area contributed by atoms with Gasteiger partial charge in [-0.2, -0.15) is 4.31 Å². The Bertz CT molecular complexity index is 275. The second kappa shape index (κ2) is 3.55. The first kappa shape index (κ1) is 10.9. The van der Waals surface area contributed by atoms with Gasteiger partial charge in [-0.1, -0.05) is 0 Å². The van der Waals surface area contributed by atoms with Crippen LogP contribution in [-0.4, -0.2) is 44.8 Å². The molecule has 4 nitrogen and oxygen atoms in total. The van der Waals surface area contributed by atoms with Crippen LogP contribution in [0.5, 0.6) is 0 Å². The van der Waals surface area contributed by atoms with Gasteiger partial charge in [0, 0.05) is 20.2 Å². The molecule has 1 aliphatic heterocycles. The van der Waals surface area contributed by atoms with Crippen molar-refractivity contribution in [2.75, 3.05) is 26.5 Å². The van der Waals surface area contributed by atoms with Gasteiger partial charge in [-0.15, -0.1) is 0 Å². The lowest BCUT2D eigenvalue weighted by Gasteiger charge is -2.38. The molecule has 0 spiro atoms. The number of sulfonamides is 1. The van der Waals surface area contributed by atoms with E-state index in [2.05, 4.69) is 0 Å². The Kier molecular flexibility index (Phi) is 2.99. The molecule has 0 radical (unpaired) electrons. The Morgan fingerprint density at radius 2 is 2.08 bits per heavy atom. The van der Waals surface area contributed by atoms with Crippen molar-refractivity contribution in [1.29, 1.82) is 0 Å². The molecular weight excluding hydrogens is 190 g/mol. The van der Waals surface area contributed by atoms with E-state index < -0.39 is 10.0 Å². The molecule has 0 aromatic heterocycles. The van der Waals surface area contributed by atoms with Crippen LogP contribution in [0.25, 0.3) is 0 Å². The monoisotopic (exact) mass is 207 g/mol. The smallest absolute Gasteiger partial charge is 0.211 e. The number of rotatable bonds is 2. The minimum atomic E-state index is -3.05. The number of hydrogen-bond acceptors (Lipinski definition) is 3. The topological polar surface area (TPSA) is 46.6 Å². The van der Waals surface area contributed by atoms with E-state index in [1.807, 2.05) is 6.92 Å². The number of nitrogens with zero attached hydrogens (tertiary/aromatic N) is 1. The number of ether oxygens (including phenoxy) is 1. The first-order valence-corrected chi connectivity index (χ1v) is 6.22. The third-order valence-corrected chi connectivity index (χ3v) is 3.84. The highest BCUT2D eigenvalue weighted by Crippen LogP contribution is 2.24. The summed E-state index contributed by atoms with van der Waals surface area (Å²) >= 11 is 0. The lowest BCUT2D eigenvalue weighted by Crippen LogP contribution is -2.49. The molecule has 0 saturated carbocycles. The van der Waals surface area contributed by atoms with Crippen LogP contribution in [0.2, 0.25) is 0 Å². The molecule has 1 atom stereocenters. The van der Waals surface area contributed by atoms with Gasteiger partial charge in [0.25, 0.3) is 0 Å². The molecule has 1 saturated heterocycles. The Morgan fingerprint density at radius 3 is 2.54 bits per heavy atom. The molecule has 78 valence electrons. The summed E-state index contributed by atoms with van der Waals surface area (Å²) in [6.45, 7) is 3.05. The summed E-state index contributed by atoms with van der Waals surface area (Å²) in [6, 6.07) is 0. The predicted molar refractivity (Wildman–Crippen MR) is 51.1 cm³/mol. The molecule has 1 heterocycles. The first-order valence-electron chi connectivity index (χ1n) is 4.38. The number of methoxy groups -OCH3 is 1. The van der Waals surface area contributed by atoms with Crippen LogP contribution in [0.1, 0.15) is 19.8 Å². The van der Waals surface area contributed by atoms with Crippen molar-refractivity contribution in [3.63, 3.8) is 0 Å². The van der Waals surface area contributed by atoms with Gasteiger partial charge in [-0.25, -0.2) is 8.42 Å². The zero-order valence-electron chi connectivity index (χ0n) is 8.41. The number of piperidine rings is 1. The van der Waals surface area contributed by atoms with Crippen LogP contribution in [-0.2, 0) is 14.8 Å². The third kappa shape index (κ3) is 2.65. The normalized spacial score (nSPS) is 31.9. The highest BCUT2D eigenvalue weighted by Gasteiger charge is 2.34. The summed E-state index contributed by atoms with van der Waals surface area (Å²) in [7, 11) is -1.42. The van der Waals surface area contributed by atoms with E-state index >= 15 is 0 Å². The van der Waals surface area contributed by atoms with Gasteiger partial charge in [-0.05, 0) is 19.8 Å². The fraction of sp³-hybridized carbons (Fsp3) is 1.00. The SMILES string of the molecule is COC1(C)CCCN(S(C)(=O)=O)C1. The third-order valence-electron chi connectivity index (χ3n) is 2.59. The van der Waals surface area contributed by atoms with E-state index in [4.69, 9.17) is 4.74 Å².